The number of hydrogen-bond acceptors (Lipinski definition) is 4. The van der Waals surface area contributed by atoms with Gasteiger partial charge in [-0.05, 0) is 18.2 Å². The largest absolute Gasteiger partial charge is 0.390 e. The Morgan fingerprint density at radius 3 is 2.95 bits per heavy atom. The maximum Gasteiger partial charge on any atom is 0.234 e. The van der Waals surface area contributed by atoms with Crippen LogP contribution < -0.4 is 5.32 Å². The Morgan fingerprint density at radius 1 is 1.57 bits per heavy atom. The first-order chi connectivity index (χ1) is 10.0. The van der Waals surface area contributed by atoms with Gasteiger partial charge in [-0.15, -0.1) is 0 Å². The third-order valence-corrected chi connectivity index (χ3v) is 4.07. The molecule has 1 aromatic carbocycles. The van der Waals surface area contributed by atoms with Crippen LogP contribution in [0.4, 0.5) is 10.1 Å². The predicted molar refractivity (Wildman–Crippen MR) is 79.9 cm³/mol. The van der Waals surface area contributed by atoms with Crippen molar-refractivity contribution < 1.29 is 14.3 Å². The van der Waals surface area contributed by atoms with E-state index in [-0.39, 0.29) is 23.3 Å². The summed E-state index contributed by atoms with van der Waals surface area (Å²) in [6.45, 7) is -0.107. The van der Waals surface area contributed by atoms with Crippen molar-refractivity contribution in [3.63, 3.8) is 0 Å². The van der Waals surface area contributed by atoms with Crippen LogP contribution in [-0.4, -0.2) is 26.3 Å². The third kappa shape index (κ3) is 3.96. The Labute approximate surface area is 130 Å². The molecular formula is C13H13ClFN3O2S. The Kier molecular flexibility index (Phi) is 5.22. The van der Waals surface area contributed by atoms with Crippen molar-refractivity contribution in [3.05, 3.63) is 40.9 Å². The van der Waals surface area contributed by atoms with Gasteiger partial charge in [0.1, 0.15) is 5.82 Å². The smallest absolute Gasteiger partial charge is 0.234 e. The van der Waals surface area contributed by atoms with Crippen molar-refractivity contribution in [2.45, 2.75) is 11.8 Å². The number of amides is 1. The number of nitrogens with one attached hydrogen (secondary N) is 1. The molecule has 0 atom stereocenters. The second kappa shape index (κ2) is 6.93. The van der Waals surface area contributed by atoms with Gasteiger partial charge >= 0.3 is 0 Å². The van der Waals surface area contributed by atoms with Crippen molar-refractivity contribution in [1.29, 1.82) is 0 Å². The van der Waals surface area contributed by atoms with Crippen molar-refractivity contribution in [2.24, 2.45) is 7.05 Å². The Morgan fingerprint density at radius 2 is 2.33 bits per heavy atom. The fraction of sp³-hybridized carbons (Fsp3) is 0.231. The molecule has 0 saturated heterocycles. The molecule has 0 aliphatic heterocycles. The predicted octanol–water partition coefficient (Wildman–Crippen LogP) is 2.44. The van der Waals surface area contributed by atoms with Gasteiger partial charge in [-0.1, -0.05) is 23.4 Å². The maximum absolute atomic E-state index is 13.0. The first-order valence-corrected chi connectivity index (χ1v) is 7.36. The zero-order chi connectivity index (χ0) is 15.4. The standard InChI is InChI=1S/C13H13ClFN3O2S/c1-18-9(6-19)5-16-13(18)21-7-12(20)17-8-2-3-11(15)10(14)4-8/h2-5,19H,6-7H2,1H3,(H,17,20). The highest BCUT2D eigenvalue weighted by Gasteiger charge is 2.10. The van der Waals surface area contributed by atoms with Crippen LogP contribution in [0.5, 0.6) is 0 Å². The van der Waals surface area contributed by atoms with E-state index in [0.717, 1.165) is 0 Å². The van der Waals surface area contributed by atoms with Crippen LogP contribution in [0, 0.1) is 5.82 Å². The van der Waals surface area contributed by atoms with Crippen molar-refractivity contribution in [3.8, 4) is 0 Å². The normalized spacial score (nSPS) is 10.7. The maximum atomic E-state index is 13.0. The molecule has 112 valence electrons. The first-order valence-electron chi connectivity index (χ1n) is 6.00. The van der Waals surface area contributed by atoms with Gasteiger partial charge in [-0.2, -0.15) is 0 Å². The van der Waals surface area contributed by atoms with Crippen LogP contribution in [0.2, 0.25) is 5.02 Å². The highest BCUT2D eigenvalue weighted by atomic mass is 35.5. The van der Waals surface area contributed by atoms with Gasteiger partial charge in [-0.3, -0.25) is 4.79 Å². The molecule has 0 radical (unpaired) electrons. The molecule has 21 heavy (non-hydrogen) atoms. The van der Waals surface area contributed by atoms with E-state index >= 15 is 0 Å². The second-order valence-corrected chi connectivity index (χ2v) is 5.56. The van der Waals surface area contributed by atoms with Crippen LogP contribution in [-0.2, 0) is 18.4 Å². The number of aromatic nitrogens is 2. The lowest BCUT2D eigenvalue weighted by molar-refractivity contribution is -0.113. The van der Waals surface area contributed by atoms with Gasteiger partial charge in [0.05, 0.1) is 29.3 Å². The summed E-state index contributed by atoms with van der Waals surface area (Å²) in [7, 11) is 1.76. The summed E-state index contributed by atoms with van der Waals surface area (Å²) in [6.07, 6.45) is 1.56. The zero-order valence-electron chi connectivity index (χ0n) is 11.1. The van der Waals surface area contributed by atoms with Crippen LogP contribution in [0.1, 0.15) is 5.69 Å². The molecule has 1 heterocycles. The van der Waals surface area contributed by atoms with Gasteiger partial charge in [0, 0.05) is 12.7 Å². The Hall–Kier alpha value is -1.57. The zero-order valence-corrected chi connectivity index (χ0v) is 12.7. The number of hydrogen-bond donors (Lipinski definition) is 2. The van der Waals surface area contributed by atoms with Gasteiger partial charge in [0.2, 0.25) is 5.91 Å². The summed E-state index contributed by atoms with van der Waals surface area (Å²) in [4.78, 5) is 15.9. The molecule has 0 spiro atoms. The number of benzene rings is 1. The first kappa shape index (κ1) is 15.8. The summed E-state index contributed by atoms with van der Waals surface area (Å²) >= 11 is 6.88. The lowest BCUT2D eigenvalue weighted by atomic mass is 10.3. The molecule has 1 amide bonds. The summed E-state index contributed by atoms with van der Waals surface area (Å²) < 4.78 is 14.7. The number of carbonyl (C=O) groups is 1. The topological polar surface area (TPSA) is 67.1 Å². The Bertz CT molecular complexity index is 663. The molecule has 2 aromatic rings. The number of aliphatic hydroxyl groups excluding tert-OH is 1. The SMILES string of the molecule is Cn1c(CO)cnc1SCC(=O)Nc1ccc(F)c(Cl)c1. The molecule has 0 bridgehead atoms. The molecule has 2 rings (SSSR count). The number of halogens is 2. The lowest BCUT2D eigenvalue weighted by Crippen LogP contribution is -2.14. The average Bonchev–Trinajstić information content (AvgIpc) is 2.81. The number of nitrogens with zero attached hydrogens (tertiary/aromatic N) is 2. The van der Waals surface area contributed by atoms with Crippen LogP contribution in [0.25, 0.3) is 0 Å². The molecule has 2 N–H and O–H groups in total. The molecule has 0 aliphatic carbocycles. The van der Waals surface area contributed by atoms with Gasteiger partial charge in [0.25, 0.3) is 0 Å². The van der Waals surface area contributed by atoms with E-state index in [1.165, 1.54) is 30.0 Å². The molecule has 0 aliphatic rings. The van der Waals surface area contributed by atoms with Crippen molar-refractivity contribution >= 4 is 35.0 Å². The van der Waals surface area contributed by atoms with Crippen LogP contribution >= 0.6 is 23.4 Å². The summed E-state index contributed by atoms with van der Waals surface area (Å²) in [5.74, 6) is -0.644. The molecule has 5 nitrogen and oxygen atoms in total. The number of anilines is 1. The third-order valence-electron chi connectivity index (χ3n) is 2.74. The van der Waals surface area contributed by atoms with E-state index in [1.54, 1.807) is 17.8 Å². The minimum absolute atomic E-state index is 0.0443. The number of thioether (sulfide) groups is 1. The average molecular weight is 330 g/mol. The number of carbonyl (C=O) groups excluding carboxylic acids is 1. The van der Waals surface area contributed by atoms with Gasteiger partial charge in [-0.25, -0.2) is 9.37 Å². The monoisotopic (exact) mass is 329 g/mol. The van der Waals surface area contributed by atoms with E-state index in [2.05, 4.69) is 10.3 Å². The van der Waals surface area contributed by atoms with E-state index < -0.39 is 5.82 Å². The Balaban J connectivity index is 1.92. The number of rotatable bonds is 5. The number of imidazole rings is 1. The molecular weight excluding hydrogens is 317 g/mol. The fourth-order valence-electron chi connectivity index (χ4n) is 1.61. The molecule has 0 unspecified atom stereocenters. The summed E-state index contributed by atoms with van der Waals surface area (Å²) in [5.41, 5.74) is 1.10. The highest BCUT2D eigenvalue weighted by molar-refractivity contribution is 7.99. The van der Waals surface area contributed by atoms with E-state index in [4.69, 9.17) is 16.7 Å². The van der Waals surface area contributed by atoms with Crippen molar-refractivity contribution in [2.75, 3.05) is 11.1 Å². The van der Waals surface area contributed by atoms with Crippen molar-refractivity contribution in [1.82, 2.24) is 9.55 Å². The van der Waals surface area contributed by atoms with Gasteiger partial charge in [0.15, 0.2) is 5.16 Å². The van der Waals surface area contributed by atoms with E-state index in [9.17, 15) is 9.18 Å². The van der Waals surface area contributed by atoms with E-state index in [1.807, 2.05) is 0 Å². The fourth-order valence-corrected chi connectivity index (χ4v) is 2.56. The van der Waals surface area contributed by atoms with Gasteiger partial charge < -0.3 is 15.0 Å². The summed E-state index contributed by atoms with van der Waals surface area (Å²) in [5, 5.41) is 12.3. The molecule has 0 fully saturated rings. The highest BCUT2D eigenvalue weighted by Crippen LogP contribution is 2.21. The minimum atomic E-state index is -0.534. The quantitative estimate of drug-likeness (QED) is 0.827. The molecule has 1 aromatic heterocycles. The summed E-state index contributed by atoms with van der Waals surface area (Å²) in [6, 6.07) is 3.98. The van der Waals surface area contributed by atoms with Crippen LogP contribution in [0.3, 0.4) is 0 Å². The van der Waals surface area contributed by atoms with E-state index in [0.29, 0.717) is 16.5 Å². The lowest BCUT2D eigenvalue weighted by Gasteiger charge is -2.06. The molecule has 0 saturated carbocycles. The number of aliphatic hydroxyl groups is 1. The molecule has 8 heteroatoms. The minimum Gasteiger partial charge on any atom is -0.390 e. The van der Waals surface area contributed by atoms with Crippen LogP contribution in [0.15, 0.2) is 29.6 Å². The second-order valence-electron chi connectivity index (χ2n) is 4.21.